The molecule has 0 aliphatic heterocycles. The molecule has 1 N–H and O–H groups in total. The molecular weight excluding hydrogens is 286 g/mol. The zero-order valence-electron chi connectivity index (χ0n) is 15.1. The van der Waals surface area contributed by atoms with Crippen LogP contribution in [0.5, 0.6) is 0 Å². The second kappa shape index (κ2) is 5.47. The highest BCUT2D eigenvalue weighted by molar-refractivity contribution is 5.92. The minimum atomic E-state index is -0.0367. The monoisotopic (exact) mass is 319 g/mol. The minimum absolute atomic E-state index is 0.0367. The van der Waals surface area contributed by atoms with E-state index in [1.807, 2.05) is 0 Å². The highest BCUT2D eigenvalue weighted by Gasteiger charge is 2.59. The number of nitrogens with zero attached hydrogens (tertiary/aromatic N) is 1. The summed E-state index contributed by atoms with van der Waals surface area (Å²) in [7, 11) is 1.69. The van der Waals surface area contributed by atoms with Gasteiger partial charge in [-0.05, 0) is 86.9 Å². The van der Waals surface area contributed by atoms with E-state index in [0.29, 0.717) is 5.41 Å². The molecule has 0 amide bonds. The molecule has 3 heteroatoms. The van der Waals surface area contributed by atoms with Crippen molar-refractivity contribution < 1.29 is 9.94 Å². The van der Waals surface area contributed by atoms with Gasteiger partial charge in [0, 0.05) is 5.41 Å². The van der Waals surface area contributed by atoms with E-state index < -0.39 is 0 Å². The van der Waals surface area contributed by atoms with Crippen molar-refractivity contribution >= 4 is 5.71 Å². The van der Waals surface area contributed by atoms with Crippen molar-refractivity contribution in [1.82, 2.24) is 0 Å². The Hall–Kier alpha value is -0.570. The number of fused-ring (bicyclic) bond motifs is 5. The second-order valence-electron chi connectivity index (χ2n) is 9.30. The summed E-state index contributed by atoms with van der Waals surface area (Å²) in [6.07, 6.45) is 11.1. The first kappa shape index (κ1) is 15.9. The summed E-state index contributed by atoms with van der Waals surface area (Å²) in [6.45, 7) is 5.01. The van der Waals surface area contributed by atoms with Gasteiger partial charge < -0.3 is 9.94 Å². The molecule has 0 radical (unpaired) electrons. The molecule has 0 aromatic heterocycles. The largest absolute Gasteiger partial charge is 0.399 e. The van der Waals surface area contributed by atoms with Gasteiger partial charge in [-0.25, -0.2) is 0 Å². The molecule has 23 heavy (non-hydrogen) atoms. The number of hydrogen-bond donors (Lipinski definition) is 1. The summed E-state index contributed by atoms with van der Waals surface area (Å²) in [4.78, 5) is 5.15. The first-order valence-electron chi connectivity index (χ1n) is 9.77. The third-order valence-corrected chi connectivity index (χ3v) is 8.58. The fourth-order valence-electron chi connectivity index (χ4n) is 7.28. The zero-order valence-corrected chi connectivity index (χ0v) is 15.1. The number of aliphatic hydroxyl groups is 1. The first-order chi connectivity index (χ1) is 11.0. The van der Waals surface area contributed by atoms with E-state index in [1.54, 1.807) is 7.11 Å². The number of oxime groups is 1. The summed E-state index contributed by atoms with van der Waals surface area (Å²) in [6, 6.07) is 0. The summed E-state index contributed by atoms with van der Waals surface area (Å²) < 4.78 is 0. The van der Waals surface area contributed by atoms with Crippen LogP contribution in [0, 0.1) is 34.5 Å². The summed E-state index contributed by atoms with van der Waals surface area (Å²) in [5.41, 5.74) is 2.09. The Labute approximate surface area is 140 Å². The Morgan fingerprint density at radius 3 is 2.65 bits per heavy atom. The molecule has 4 fully saturated rings. The normalized spacial score (nSPS) is 54.3. The van der Waals surface area contributed by atoms with E-state index in [1.165, 1.54) is 44.2 Å². The van der Waals surface area contributed by atoms with Gasteiger partial charge in [0.05, 0.1) is 11.8 Å². The minimum Gasteiger partial charge on any atom is -0.399 e. The van der Waals surface area contributed by atoms with Crippen LogP contribution in [0.4, 0.5) is 0 Å². The standard InChI is InChI=1S/C20H33NO2/c1-19-10-8-14(22)12-13(19)4-5-15-16-6-7-18(21-23-3)20(16,2)11-9-17(15)19/h13-17,22H,4-12H2,1-3H3/b21-18-/t13-,14-,15-,16-,17-,19-,20-/m0/s1. The molecular formula is C20H33NO2. The van der Waals surface area contributed by atoms with Crippen molar-refractivity contribution in [1.29, 1.82) is 0 Å². The molecule has 0 unspecified atom stereocenters. The van der Waals surface area contributed by atoms with Gasteiger partial charge in [-0.2, -0.15) is 0 Å². The van der Waals surface area contributed by atoms with E-state index >= 15 is 0 Å². The molecule has 7 atom stereocenters. The van der Waals surface area contributed by atoms with Crippen LogP contribution in [0.2, 0.25) is 0 Å². The fraction of sp³-hybridized carbons (Fsp3) is 0.950. The molecule has 0 saturated heterocycles. The lowest BCUT2D eigenvalue weighted by Gasteiger charge is -2.60. The molecule has 3 nitrogen and oxygen atoms in total. The van der Waals surface area contributed by atoms with Crippen molar-refractivity contribution in [3.8, 4) is 0 Å². The zero-order chi connectivity index (χ0) is 16.2. The van der Waals surface area contributed by atoms with Gasteiger partial charge in [-0.15, -0.1) is 0 Å². The van der Waals surface area contributed by atoms with Gasteiger partial charge in [-0.1, -0.05) is 19.0 Å². The predicted molar refractivity (Wildman–Crippen MR) is 92.2 cm³/mol. The van der Waals surface area contributed by atoms with Gasteiger partial charge in [0.15, 0.2) is 0 Å². The third-order valence-electron chi connectivity index (χ3n) is 8.58. The second-order valence-corrected chi connectivity index (χ2v) is 9.30. The third kappa shape index (κ3) is 2.22. The maximum Gasteiger partial charge on any atom is 0.106 e. The molecule has 130 valence electrons. The number of aliphatic hydroxyl groups excluding tert-OH is 1. The van der Waals surface area contributed by atoms with Gasteiger partial charge in [0.25, 0.3) is 0 Å². The quantitative estimate of drug-likeness (QED) is 0.728. The first-order valence-corrected chi connectivity index (χ1v) is 9.77. The summed E-state index contributed by atoms with van der Waals surface area (Å²) >= 11 is 0. The van der Waals surface area contributed by atoms with Crippen molar-refractivity contribution in [3.63, 3.8) is 0 Å². The van der Waals surface area contributed by atoms with Gasteiger partial charge in [0.1, 0.15) is 7.11 Å². The van der Waals surface area contributed by atoms with Crippen LogP contribution in [-0.2, 0) is 4.84 Å². The highest BCUT2D eigenvalue weighted by Crippen LogP contribution is 2.65. The Morgan fingerprint density at radius 2 is 1.87 bits per heavy atom. The Morgan fingerprint density at radius 1 is 1.04 bits per heavy atom. The molecule has 0 bridgehead atoms. The SMILES string of the molecule is CO/N=C1/CC[C@H]2[C@@H]3CC[C@H]4C[C@@H](O)CC[C@]4(C)[C@H]3CC[C@]12C. The lowest BCUT2D eigenvalue weighted by Crippen LogP contribution is -2.54. The van der Waals surface area contributed by atoms with E-state index in [2.05, 4.69) is 19.0 Å². The van der Waals surface area contributed by atoms with E-state index in [0.717, 1.165) is 42.9 Å². The Kier molecular flexibility index (Phi) is 3.79. The number of rotatable bonds is 1. The Balaban J connectivity index is 1.62. The van der Waals surface area contributed by atoms with Crippen molar-refractivity contribution in [2.45, 2.75) is 77.7 Å². The van der Waals surface area contributed by atoms with E-state index in [9.17, 15) is 5.11 Å². The average molecular weight is 319 g/mol. The number of hydrogen-bond acceptors (Lipinski definition) is 3. The molecule has 0 heterocycles. The van der Waals surface area contributed by atoms with Crippen LogP contribution in [0.1, 0.15) is 71.6 Å². The van der Waals surface area contributed by atoms with Crippen LogP contribution in [0.15, 0.2) is 5.16 Å². The average Bonchev–Trinajstić information content (AvgIpc) is 2.85. The highest BCUT2D eigenvalue weighted by atomic mass is 16.6. The van der Waals surface area contributed by atoms with Crippen molar-refractivity contribution in [2.75, 3.05) is 7.11 Å². The molecule has 4 aliphatic rings. The van der Waals surface area contributed by atoms with Crippen LogP contribution in [0.25, 0.3) is 0 Å². The summed E-state index contributed by atoms with van der Waals surface area (Å²) in [5, 5.41) is 14.5. The summed E-state index contributed by atoms with van der Waals surface area (Å²) in [5.74, 6) is 3.30. The lowest BCUT2D eigenvalue weighted by molar-refractivity contribution is -0.114. The smallest absolute Gasteiger partial charge is 0.106 e. The maximum atomic E-state index is 10.1. The van der Waals surface area contributed by atoms with Crippen molar-refractivity contribution in [2.24, 2.45) is 39.7 Å². The molecule has 0 aromatic carbocycles. The van der Waals surface area contributed by atoms with Crippen molar-refractivity contribution in [3.05, 3.63) is 0 Å². The topological polar surface area (TPSA) is 41.8 Å². The van der Waals surface area contributed by atoms with E-state index in [4.69, 9.17) is 4.84 Å². The van der Waals surface area contributed by atoms with Crippen LogP contribution >= 0.6 is 0 Å². The lowest BCUT2D eigenvalue weighted by atomic mass is 9.45. The van der Waals surface area contributed by atoms with Gasteiger partial charge >= 0.3 is 0 Å². The predicted octanol–water partition coefficient (Wildman–Crippen LogP) is 4.39. The molecule has 4 rings (SSSR count). The van der Waals surface area contributed by atoms with Crippen LogP contribution in [-0.4, -0.2) is 24.0 Å². The Bertz CT molecular complexity index is 504. The molecule has 4 saturated carbocycles. The van der Waals surface area contributed by atoms with Gasteiger partial charge in [0.2, 0.25) is 0 Å². The van der Waals surface area contributed by atoms with Crippen LogP contribution in [0.3, 0.4) is 0 Å². The molecule has 0 spiro atoms. The fourth-order valence-corrected chi connectivity index (χ4v) is 7.28. The molecule has 4 aliphatic carbocycles. The van der Waals surface area contributed by atoms with Crippen LogP contribution < -0.4 is 0 Å². The molecule has 0 aromatic rings. The van der Waals surface area contributed by atoms with Gasteiger partial charge in [-0.3, -0.25) is 0 Å². The maximum absolute atomic E-state index is 10.1. The van der Waals surface area contributed by atoms with E-state index in [-0.39, 0.29) is 11.5 Å².